The zero-order valence-electron chi connectivity index (χ0n) is 9.42. The van der Waals surface area contributed by atoms with Crippen molar-refractivity contribution in [2.24, 2.45) is 5.73 Å². The summed E-state index contributed by atoms with van der Waals surface area (Å²) in [7, 11) is 0. The molecule has 2 heterocycles. The smallest absolute Gasteiger partial charge is 0.240 e. The molecule has 1 aliphatic rings. The number of aromatic nitrogens is 2. The quantitative estimate of drug-likeness (QED) is 0.806. The van der Waals surface area contributed by atoms with E-state index in [9.17, 15) is 5.11 Å². The predicted molar refractivity (Wildman–Crippen MR) is 60.3 cm³/mol. The number of fused-ring (bicyclic) bond motifs is 1. The van der Waals surface area contributed by atoms with E-state index in [4.69, 9.17) is 19.7 Å². The van der Waals surface area contributed by atoms with Gasteiger partial charge in [0.1, 0.15) is 24.5 Å². The van der Waals surface area contributed by atoms with Crippen LogP contribution >= 0.6 is 0 Å². The number of nitrogens with two attached hydrogens (primary N) is 1. The van der Waals surface area contributed by atoms with Crippen LogP contribution in [-0.4, -0.2) is 28.5 Å². The van der Waals surface area contributed by atoms with Crippen LogP contribution in [0.4, 0.5) is 0 Å². The Morgan fingerprint density at radius 3 is 2.89 bits per heavy atom. The van der Waals surface area contributed by atoms with Crippen LogP contribution < -0.4 is 15.2 Å². The molecule has 0 bridgehead atoms. The molecule has 18 heavy (non-hydrogen) atoms. The van der Waals surface area contributed by atoms with Crippen LogP contribution in [0.15, 0.2) is 16.7 Å². The molecule has 1 aliphatic heterocycles. The molecule has 0 spiro atoms. The normalized spacial score (nSPS) is 13.6. The zero-order valence-corrected chi connectivity index (χ0v) is 9.42. The van der Waals surface area contributed by atoms with Crippen molar-refractivity contribution in [3.63, 3.8) is 0 Å². The molecule has 0 atom stereocenters. The van der Waals surface area contributed by atoms with Crippen LogP contribution in [0.3, 0.4) is 0 Å². The summed E-state index contributed by atoms with van der Waals surface area (Å²) in [6.45, 7) is 1.02. The van der Waals surface area contributed by atoms with Crippen LogP contribution in [0.25, 0.3) is 11.4 Å². The van der Waals surface area contributed by atoms with Gasteiger partial charge in [-0.15, -0.1) is 0 Å². The number of ether oxygens (including phenoxy) is 2. The first kappa shape index (κ1) is 10.8. The Labute approximate surface area is 102 Å². The van der Waals surface area contributed by atoms with Crippen molar-refractivity contribution < 1.29 is 19.1 Å². The second-order valence-corrected chi connectivity index (χ2v) is 3.70. The highest BCUT2D eigenvalue weighted by Crippen LogP contribution is 2.44. The fourth-order valence-electron chi connectivity index (χ4n) is 1.76. The highest BCUT2D eigenvalue weighted by atomic mass is 16.6. The van der Waals surface area contributed by atoms with Gasteiger partial charge in [-0.1, -0.05) is 5.16 Å². The van der Waals surface area contributed by atoms with E-state index < -0.39 is 0 Å². The van der Waals surface area contributed by atoms with Crippen LogP contribution in [0.2, 0.25) is 0 Å². The minimum atomic E-state index is 0.00335. The second-order valence-electron chi connectivity index (χ2n) is 3.70. The summed E-state index contributed by atoms with van der Waals surface area (Å²) in [6.07, 6.45) is 0. The summed E-state index contributed by atoms with van der Waals surface area (Å²) in [5.41, 5.74) is 5.76. The monoisotopic (exact) mass is 249 g/mol. The van der Waals surface area contributed by atoms with Crippen molar-refractivity contribution in [3.05, 3.63) is 18.0 Å². The van der Waals surface area contributed by atoms with E-state index in [0.717, 1.165) is 0 Å². The van der Waals surface area contributed by atoms with E-state index in [1.807, 2.05) is 0 Å². The molecule has 1 aromatic heterocycles. The maximum absolute atomic E-state index is 9.91. The predicted octanol–water partition coefficient (Wildman–Crippen LogP) is 0.672. The lowest BCUT2D eigenvalue weighted by Gasteiger charge is -2.20. The Morgan fingerprint density at radius 2 is 2.11 bits per heavy atom. The van der Waals surface area contributed by atoms with E-state index >= 15 is 0 Å². The largest absolute Gasteiger partial charge is 0.507 e. The summed E-state index contributed by atoms with van der Waals surface area (Å²) in [6, 6.07) is 3.14. The third kappa shape index (κ3) is 1.65. The first-order valence-electron chi connectivity index (χ1n) is 5.44. The van der Waals surface area contributed by atoms with Crippen molar-refractivity contribution in [1.82, 2.24) is 10.1 Å². The Morgan fingerprint density at radius 1 is 1.28 bits per heavy atom. The lowest BCUT2D eigenvalue weighted by atomic mass is 10.1. The topological polar surface area (TPSA) is 104 Å². The van der Waals surface area contributed by atoms with Crippen LogP contribution in [-0.2, 0) is 6.54 Å². The number of benzene rings is 1. The molecule has 0 amide bonds. The number of aromatic hydroxyl groups is 1. The molecule has 3 rings (SSSR count). The lowest BCUT2D eigenvalue weighted by molar-refractivity contribution is 0.171. The van der Waals surface area contributed by atoms with Crippen molar-refractivity contribution in [1.29, 1.82) is 0 Å². The van der Waals surface area contributed by atoms with Crippen molar-refractivity contribution >= 4 is 0 Å². The first-order chi connectivity index (χ1) is 8.79. The molecule has 0 radical (unpaired) electrons. The van der Waals surface area contributed by atoms with Gasteiger partial charge in [0.2, 0.25) is 11.7 Å². The minimum Gasteiger partial charge on any atom is -0.507 e. The molecular formula is C11H11N3O4. The fraction of sp³-hybridized carbons (Fsp3) is 0.273. The van der Waals surface area contributed by atoms with Crippen molar-refractivity contribution in [2.75, 3.05) is 13.2 Å². The molecule has 2 aromatic rings. The zero-order chi connectivity index (χ0) is 12.5. The molecule has 7 heteroatoms. The van der Waals surface area contributed by atoms with Gasteiger partial charge >= 0.3 is 0 Å². The van der Waals surface area contributed by atoms with Gasteiger partial charge in [-0.3, -0.25) is 0 Å². The van der Waals surface area contributed by atoms with Gasteiger partial charge in [0, 0.05) is 0 Å². The molecule has 0 saturated carbocycles. The molecule has 0 unspecified atom stereocenters. The van der Waals surface area contributed by atoms with Gasteiger partial charge in [-0.05, 0) is 12.1 Å². The summed E-state index contributed by atoms with van der Waals surface area (Å²) in [4.78, 5) is 4.07. The third-order valence-electron chi connectivity index (χ3n) is 2.55. The van der Waals surface area contributed by atoms with Crippen molar-refractivity contribution in [2.45, 2.75) is 6.54 Å². The maximum atomic E-state index is 9.91. The Kier molecular flexibility index (Phi) is 2.52. The van der Waals surface area contributed by atoms with E-state index in [1.165, 1.54) is 6.07 Å². The number of hydrogen-bond donors (Lipinski definition) is 2. The Bertz CT molecular complexity index is 582. The molecule has 3 N–H and O–H groups in total. The second kappa shape index (κ2) is 4.19. The fourth-order valence-corrected chi connectivity index (χ4v) is 1.76. The first-order valence-corrected chi connectivity index (χ1v) is 5.44. The number of phenols is 1. The third-order valence-corrected chi connectivity index (χ3v) is 2.55. The molecule has 0 saturated heterocycles. The maximum Gasteiger partial charge on any atom is 0.240 e. The number of nitrogens with zero attached hydrogens (tertiary/aromatic N) is 2. The molecule has 94 valence electrons. The number of phenolic OH excluding ortho intramolecular Hbond substituents is 1. The van der Waals surface area contributed by atoms with E-state index in [-0.39, 0.29) is 18.1 Å². The number of rotatable bonds is 2. The lowest BCUT2D eigenvalue weighted by Crippen LogP contribution is -2.16. The van der Waals surface area contributed by atoms with Gasteiger partial charge in [-0.25, -0.2) is 0 Å². The van der Waals surface area contributed by atoms with Crippen LogP contribution in [0.5, 0.6) is 17.2 Å². The summed E-state index contributed by atoms with van der Waals surface area (Å²) < 4.78 is 15.8. The molecule has 0 fully saturated rings. The van der Waals surface area contributed by atoms with E-state index in [0.29, 0.717) is 36.2 Å². The average molecular weight is 249 g/mol. The van der Waals surface area contributed by atoms with Gasteiger partial charge < -0.3 is 24.8 Å². The average Bonchev–Trinajstić information content (AvgIpc) is 2.87. The summed E-state index contributed by atoms with van der Waals surface area (Å²) in [5, 5.41) is 13.7. The van der Waals surface area contributed by atoms with Gasteiger partial charge in [-0.2, -0.15) is 4.98 Å². The molecule has 1 aromatic carbocycles. The van der Waals surface area contributed by atoms with Gasteiger partial charge in [0.05, 0.1) is 6.54 Å². The number of hydrogen-bond acceptors (Lipinski definition) is 7. The Hall–Kier alpha value is -2.28. The van der Waals surface area contributed by atoms with E-state index in [2.05, 4.69) is 10.1 Å². The molecule has 7 nitrogen and oxygen atoms in total. The summed E-state index contributed by atoms with van der Waals surface area (Å²) in [5.74, 6) is 1.50. The highest BCUT2D eigenvalue weighted by Gasteiger charge is 2.24. The molecule has 0 aliphatic carbocycles. The summed E-state index contributed by atoms with van der Waals surface area (Å²) >= 11 is 0. The van der Waals surface area contributed by atoms with E-state index in [1.54, 1.807) is 6.07 Å². The highest BCUT2D eigenvalue weighted by molar-refractivity contribution is 5.75. The van der Waals surface area contributed by atoms with Crippen molar-refractivity contribution in [3.8, 4) is 28.6 Å². The van der Waals surface area contributed by atoms with Gasteiger partial charge in [0.15, 0.2) is 11.5 Å². The molecular weight excluding hydrogens is 238 g/mol. The van der Waals surface area contributed by atoms with Crippen LogP contribution in [0.1, 0.15) is 5.89 Å². The van der Waals surface area contributed by atoms with Gasteiger partial charge in [0.25, 0.3) is 0 Å². The Balaban J connectivity index is 2.15. The minimum absolute atomic E-state index is 0.00335. The SMILES string of the molecule is NCc1nc(-c2c(O)ccc3c2OCCO3)no1. The van der Waals surface area contributed by atoms with Crippen LogP contribution in [0, 0.1) is 0 Å². The standard InChI is InChI=1S/C11H11N3O4/c12-5-8-13-11(14-18-8)9-6(15)1-2-7-10(9)17-4-3-16-7/h1-2,15H,3-5,12H2.